The van der Waals surface area contributed by atoms with Gasteiger partial charge in [-0.3, -0.25) is 0 Å². The Bertz CT molecular complexity index is 1030. The van der Waals surface area contributed by atoms with Crippen molar-refractivity contribution in [3.8, 4) is 11.1 Å². The first-order valence-electron chi connectivity index (χ1n) is 8.86. The molecule has 3 rings (SSSR count). The third kappa shape index (κ3) is 5.20. The molecule has 146 valence electrons. The number of sulfonamides is 1. The number of hydrogen-bond donors (Lipinski definition) is 2. The van der Waals surface area contributed by atoms with E-state index >= 15 is 0 Å². The van der Waals surface area contributed by atoms with E-state index in [1.54, 1.807) is 31.2 Å². The Balaban J connectivity index is 1.68. The van der Waals surface area contributed by atoms with Crippen molar-refractivity contribution in [3.63, 3.8) is 0 Å². The van der Waals surface area contributed by atoms with Crippen LogP contribution < -0.4 is 4.72 Å². The van der Waals surface area contributed by atoms with E-state index in [-0.39, 0.29) is 12.3 Å². The number of rotatable bonds is 7. The molecule has 2 N–H and O–H groups in total. The number of halogens is 1. The summed E-state index contributed by atoms with van der Waals surface area (Å²) in [6.45, 7) is 1.45. The Morgan fingerprint density at radius 3 is 2.11 bits per heavy atom. The summed E-state index contributed by atoms with van der Waals surface area (Å²) in [5, 5.41) is 11.2. The average Bonchev–Trinajstić information content (AvgIpc) is 2.69. The van der Waals surface area contributed by atoms with Gasteiger partial charge >= 0.3 is 0 Å². The Morgan fingerprint density at radius 1 is 0.893 bits per heavy atom. The minimum atomic E-state index is -3.64. The highest BCUT2D eigenvalue weighted by Crippen LogP contribution is 2.25. The predicted octanol–water partition coefficient (Wildman–Crippen LogP) is 4.33. The van der Waals surface area contributed by atoms with E-state index in [0.717, 1.165) is 11.1 Å². The average molecular weight is 416 g/mol. The van der Waals surface area contributed by atoms with Gasteiger partial charge in [0.25, 0.3) is 0 Å². The minimum absolute atomic E-state index is 0.134. The summed E-state index contributed by atoms with van der Waals surface area (Å²) in [5.74, 6) is -0.240. The van der Waals surface area contributed by atoms with Crippen molar-refractivity contribution in [2.24, 2.45) is 0 Å². The normalized spacial score (nSPS) is 13.8. The molecular formula is C22H22ClNO3S. The smallest absolute Gasteiger partial charge is 0.215 e. The zero-order valence-electron chi connectivity index (χ0n) is 15.5. The largest absolute Gasteiger partial charge is 0.384 e. The summed E-state index contributed by atoms with van der Waals surface area (Å²) >= 11 is 6.04. The molecule has 0 radical (unpaired) electrons. The van der Waals surface area contributed by atoms with E-state index in [4.69, 9.17) is 11.6 Å². The monoisotopic (exact) mass is 415 g/mol. The molecule has 0 aliphatic heterocycles. The standard InChI is InChI=1S/C22H22ClNO3S/c1-22(25,16-24-28(26,27)15-19-9-5-6-10-21(19)23)20-13-11-18(12-14-20)17-7-3-2-4-8-17/h2-14,24-25H,15-16H2,1H3/t22-/m0/s1. The first kappa shape index (κ1) is 20.6. The van der Waals surface area contributed by atoms with E-state index in [9.17, 15) is 13.5 Å². The van der Waals surface area contributed by atoms with Crippen molar-refractivity contribution in [1.29, 1.82) is 0 Å². The molecule has 6 heteroatoms. The fraction of sp³-hybridized carbons (Fsp3) is 0.182. The lowest BCUT2D eigenvalue weighted by molar-refractivity contribution is 0.0627. The second-order valence-electron chi connectivity index (χ2n) is 6.89. The van der Waals surface area contributed by atoms with Crippen LogP contribution in [-0.2, 0) is 21.4 Å². The number of hydrogen-bond acceptors (Lipinski definition) is 3. The highest BCUT2D eigenvalue weighted by Gasteiger charge is 2.26. The van der Waals surface area contributed by atoms with Crippen LogP contribution in [0.15, 0.2) is 78.9 Å². The maximum atomic E-state index is 12.4. The van der Waals surface area contributed by atoms with Crippen LogP contribution in [0.25, 0.3) is 11.1 Å². The maximum absolute atomic E-state index is 12.4. The Labute approximate surface area is 170 Å². The van der Waals surface area contributed by atoms with Crippen LogP contribution in [-0.4, -0.2) is 20.1 Å². The van der Waals surface area contributed by atoms with Crippen LogP contribution in [0.2, 0.25) is 5.02 Å². The van der Waals surface area contributed by atoms with Crippen LogP contribution in [0.3, 0.4) is 0 Å². The summed E-state index contributed by atoms with van der Waals surface area (Å²) < 4.78 is 27.3. The van der Waals surface area contributed by atoms with Gasteiger partial charge in [0.1, 0.15) is 5.60 Å². The van der Waals surface area contributed by atoms with Gasteiger partial charge in [0.05, 0.1) is 5.75 Å². The molecule has 0 aliphatic rings. The molecule has 3 aromatic rings. The van der Waals surface area contributed by atoms with Gasteiger partial charge in [0.15, 0.2) is 0 Å². The summed E-state index contributed by atoms with van der Waals surface area (Å²) in [6, 6.07) is 24.2. The second kappa shape index (κ2) is 8.45. The van der Waals surface area contributed by atoms with Gasteiger partial charge in [0, 0.05) is 11.6 Å². The molecule has 28 heavy (non-hydrogen) atoms. The Morgan fingerprint density at radius 2 is 1.46 bits per heavy atom. The molecule has 4 nitrogen and oxygen atoms in total. The zero-order chi connectivity index (χ0) is 20.2. The van der Waals surface area contributed by atoms with Gasteiger partial charge < -0.3 is 5.11 Å². The van der Waals surface area contributed by atoms with Gasteiger partial charge in [-0.1, -0.05) is 84.4 Å². The Kier molecular flexibility index (Phi) is 6.20. The first-order chi connectivity index (χ1) is 13.3. The van der Waals surface area contributed by atoms with Crippen LogP contribution >= 0.6 is 11.6 Å². The van der Waals surface area contributed by atoms with Crippen molar-refractivity contribution in [2.75, 3.05) is 6.54 Å². The van der Waals surface area contributed by atoms with Crippen LogP contribution in [0, 0.1) is 0 Å². The molecule has 0 aliphatic carbocycles. The third-order valence-corrected chi connectivity index (χ3v) is 6.20. The highest BCUT2D eigenvalue weighted by molar-refractivity contribution is 7.88. The van der Waals surface area contributed by atoms with E-state index in [1.165, 1.54) is 0 Å². The van der Waals surface area contributed by atoms with Crippen molar-refractivity contribution >= 4 is 21.6 Å². The summed E-state index contributed by atoms with van der Waals surface area (Å²) in [7, 11) is -3.64. The molecular weight excluding hydrogens is 394 g/mol. The minimum Gasteiger partial charge on any atom is -0.384 e. The SMILES string of the molecule is C[C@](O)(CNS(=O)(=O)Cc1ccccc1Cl)c1ccc(-c2ccccc2)cc1. The quantitative estimate of drug-likeness (QED) is 0.603. The van der Waals surface area contributed by atoms with Crippen molar-refractivity contribution in [3.05, 3.63) is 95.0 Å². The van der Waals surface area contributed by atoms with Crippen molar-refractivity contribution < 1.29 is 13.5 Å². The molecule has 0 spiro atoms. The van der Waals surface area contributed by atoms with Crippen LogP contribution in [0.1, 0.15) is 18.1 Å². The van der Waals surface area contributed by atoms with Crippen molar-refractivity contribution in [2.45, 2.75) is 18.3 Å². The van der Waals surface area contributed by atoms with E-state index in [0.29, 0.717) is 16.1 Å². The molecule has 0 fully saturated rings. The van der Waals surface area contributed by atoms with Crippen LogP contribution in [0.5, 0.6) is 0 Å². The Hall–Kier alpha value is -2.18. The fourth-order valence-electron chi connectivity index (χ4n) is 2.88. The maximum Gasteiger partial charge on any atom is 0.215 e. The summed E-state index contributed by atoms with van der Waals surface area (Å²) in [6.07, 6.45) is 0. The molecule has 0 aromatic heterocycles. The van der Waals surface area contributed by atoms with Crippen LogP contribution in [0.4, 0.5) is 0 Å². The van der Waals surface area contributed by atoms with Gasteiger partial charge in [-0.05, 0) is 35.2 Å². The molecule has 0 unspecified atom stereocenters. The van der Waals surface area contributed by atoms with Crippen molar-refractivity contribution in [1.82, 2.24) is 4.72 Å². The molecule has 0 saturated carbocycles. The molecule has 0 amide bonds. The lowest BCUT2D eigenvalue weighted by atomic mass is 9.94. The molecule has 0 bridgehead atoms. The van der Waals surface area contributed by atoms with E-state index in [1.807, 2.05) is 54.6 Å². The van der Waals surface area contributed by atoms with E-state index in [2.05, 4.69) is 4.72 Å². The zero-order valence-corrected chi connectivity index (χ0v) is 17.0. The van der Waals surface area contributed by atoms with Gasteiger partial charge in [-0.15, -0.1) is 0 Å². The third-order valence-electron chi connectivity index (χ3n) is 4.55. The number of nitrogens with one attached hydrogen (secondary N) is 1. The summed E-state index contributed by atoms with van der Waals surface area (Å²) in [5.41, 5.74) is 1.91. The van der Waals surface area contributed by atoms with E-state index < -0.39 is 15.6 Å². The number of aliphatic hydroxyl groups is 1. The molecule has 3 aromatic carbocycles. The summed E-state index contributed by atoms with van der Waals surface area (Å²) in [4.78, 5) is 0. The highest BCUT2D eigenvalue weighted by atomic mass is 35.5. The van der Waals surface area contributed by atoms with Gasteiger partial charge in [-0.2, -0.15) is 0 Å². The van der Waals surface area contributed by atoms with Gasteiger partial charge in [0.2, 0.25) is 10.0 Å². The topological polar surface area (TPSA) is 66.4 Å². The molecule has 1 atom stereocenters. The fourth-order valence-corrected chi connectivity index (χ4v) is 4.42. The number of benzene rings is 3. The lowest BCUT2D eigenvalue weighted by Crippen LogP contribution is -2.39. The molecule has 0 saturated heterocycles. The first-order valence-corrected chi connectivity index (χ1v) is 10.9. The predicted molar refractivity (Wildman–Crippen MR) is 114 cm³/mol. The lowest BCUT2D eigenvalue weighted by Gasteiger charge is -2.24. The van der Waals surface area contributed by atoms with Gasteiger partial charge in [-0.25, -0.2) is 13.1 Å². The second-order valence-corrected chi connectivity index (χ2v) is 9.10. The molecule has 0 heterocycles.